The van der Waals surface area contributed by atoms with Crippen LogP contribution in [0.25, 0.3) is 0 Å². The fourth-order valence-corrected chi connectivity index (χ4v) is 3.77. The Morgan fingerprint density at radius 3 is 2.58 bits per heavy atom. The van der Waals surface area contributed by atoms with E-state index in [0.717, 1.165) is 31.2 Å². The zero-order chi connectivity index (χ0) is 17.0. The van der Waals surface area contributed by atoms with Gasteiger partial charge in [-0.05, 0) is 61.1 Å². The van der Waals surface area contributed by atoms with Crippen molar-refractivity contribution in [3.05, 3.63) is 65.0 Å². The third-order valence-corrected chi connectivity index (χ3v) is 5.48. The van der Waals surface area contributed by atoms with Gasteiger partial charge in [0, 0.05) is 0 Å². The van der Waals surface area contributed by atoms with E-state index < -0.39 is 15.8 Å². The van der Waals surface area contributed by atoms with Crippen LogP contribution in [-0.2, 0) is 22.9 Å². The lowest BCUT2D eigenvalue weighted by Crippen LogP contribution is -2.24. The van der Waals surface area contributed by atoms with Crippen LogP contribution in [0.1, 0.15) is 29.5 Å². The van der Waals surface area contributed by atoms with Gasteiger partial charge in [0.05, 0.1) is 17.0 Å². The largest absolute Gasteiger partial charge is 0.241 e. The summed E-state index contributed by atoms with van der Waals surface area (Å²) in [7, 11) is -3.60. The Labute approximate surface area is 142 Å². The molecule has 3 nitrogen and oxygen atoms in total. The van der Waals surface area contributed by atoms with Gasteiger partial charge in [0.1, 0.15) is 5.82 Å². The summed E-state index contributed by atoms with van der Waals surface area (Å²) in [5.74, 6) is 4.87. The number of hydrogen-bond donors (Lipinski definition) is 1. The molecule has 0 unspecified atom stereocenters. The Bertz CT molecular complexity index is 910. The maximum atomic E-state index is 13.4. The second-order valence-corrected chi connectivity index (χ2v) is 7.51. The van der Waals surface area contributed by atoms with Crippen molar-refractivity contribution >= 4 is 10.0 Å². The first-order valence-electron chi connectivity index (χ1n) is 7.91. The number of benzene rings is 2. The lowest BCUT2D eigenvalue weighted by Gasteiger charge is -2.16. The van der Waals surface area contributed by atoms with E-state index in [2.05, 4.69) is 16.6 Å². The van der Waals surface area contributed by atoms with Gasteiger partial charge < -0.3 is 0 Å². The highest BCUT2D eigenvalue weighted by Crippen LogP contribution is 2.23. The second kappa shape index (κ2) is 7.16. The first kappa shape index (κ1) is 16.7. The predicted molar refractivity (Wildman–Crippen MR) is 91.6 cm³/mol. The average molecular weight is 343 g/mol. The van der Waals surface area contributed by atoms with Crippen LogP contribution in [0.15, 0.2) is 47.4 Å². The lowest BCUT2D eigenvalue weighted by molar-refractivity contribution is 0.585. The van der Waals surface area contributed by atoms with Crippen LogP contribution in [0, 0.1) is 17.7 Å². The molecular formula is C19H18FNO2S. The minimum absolute atomic E-state index is 0.0618. The Morgan fingerprint density at radius 2 is 1.79 bits per heavy atom. The van der Waals surface area contributed by atoms with Crippen LogP contribution in [0.4, 0.5) is 4.39 Å². The predicted octanol–water partition coefficient (Wildman–Crippen LogP) is 3.03. The normalized spacial score (nSPS) is 13.7. The molecule has 0 fully saturated rings. The van der Waals surface area contributed by atoms with Gasteiger partial charge >= 0.3 is 0 Å². The molecule has 0 aromatic heterocycles. The van der Waals surface area contributed by atoms with Gasteiger partial charge in [0.2, 0.25) is 10.0 Å². The van der Waals surface area contributed by atoms with E-state index in [4.69, 9.17) is 0 Å². The molecule has 1 N–H and O–H groups in total. The fraction of sp³-hybridized carbons (Fsp3) is 0.263. The number of halogens is 1. The summed E-state index contributed by atoms with van der Waals surface area (Å²) in [6.07, 6.45) is 4.18. The molecule has 0 bridgehead atoms. The van der Waals surface area contributed by atoms with Gasteiger partial charge in [-0.1, -0.05) is 30.0 Å². The van der Waals surface area contributed by atoms with Crippen molar-refractivity contribution in [1.82, 2.24) is 4.72 Å². The molecule has 1 aliphatic carbocycles. The summed E-state index contributed by atoms with van der Waals surface area (Å²) in [6.45, 7) is -0.0618. The molecule has 2 aromatic carbocycles. The number of hydrogen-bond acceptors (Lipinski definition) is 2. The highest BCUT2D eigenvalue weighted by Gasteiger charge is 2.16. The van der Waals surface area contributed by atoms with Gasteiger partial charge in [0.25, 0.3) is 0 Å². The summed E-state index contributed by atoms with van der Waals surface area (Å²) < 4.78 is 40.6. The fourth-order valence-electron chi connectivity index (χ4n) is 2.79. The molecule has 0 amide bonds. The van der Waals surface area contributed by atoms with Crippen molar-refractivity contribution < 1.29 is 12.8 Å². The molecule has 0 spiro atoms. The van der Waals surface area contributed by atoms with Gasteiger partial charge in [0.15, 0.2) is 0 Å². The van der Waals surface area contributed by atoms with E-state index in [1.54, 1.807) is 30.3 Å². The number of nitrogens with one attached hydrogen (secondary N) is 1. The Balaban J connectivity index is 1.70. The molecule has 3 rings (SSSR count). The average Bonchev–Trinajstić information content (AvgIpc) is 2.59. The van der Waals surface area contributed by atoms with Gasteiger partial charge in [-0.25, -0.2) is 12.8 Å². The second-order valence-electron chi connectivity index (χ2n) is 5.74. The minimum atomic E-state index is -3.60. The quantitative estimate of drug-likeness (QED) is 0.871. The third-order valence-electron chi connectivity index (χ3n) is 4.08. The lowest BCUT2D eigenvalue weighted by atomic mass is 9.92. The standard InChI is InChI=1S/C19H18FNO2S/c20-19-10-4-3-7-16(19)9-5-13-21-24(22,23)18-12-11-15-6-1-2-8-17(15)14-18/h3-4,7,10-12,14,21H,1-2,6,8,13H2. The van der Waals surface area contributed by atoms with Crippen molar-refractivity contribution in [3.8, 4) is 11.8 Å². The van der Waals surface area contributed by atoms with Crippen molar-refractivity contribution in [2.45, 2.75) is 30.6 Å². The molecule has 0 heterocycles. The third kappa shape index (κ3) is 3.84. The van der Waals surface area contributed by atoms with Crippen molar-refractivity contribution in [2.75, 3.05) is 6.54 Å². The monoisotopic (exact) mass is 343 g/mol. The van der Waals surface area contributed by atoms with Gasteiger partial charge in [-0.2, -0.15) is 4.72 Å². The molecule has 0 radical (unpaired) electrons. The van der Waals surface area contributed by atoms with Crippen molar-refractivity contribution in [3.63, 3.8) is 0 Å². The topological polar surface area (TPSA) is 46.2 Å². The Morgan fingerprint density at radius 1 is 1.04 bits per heavy atom. The van der Waals surface area contributed by atoms with Crippen LogP contribution in [0.2, 0.25) is 0 Å². The summed E-state index contributed by atoms with van der Waals surface area (Å²) >= 11 is 0. The molecule has 124 valence electrons. The van der Waals surface area contributed by atoms with E-state index >= 15 is 0 Å². The van der Waals surface area contributed by atoms with Crippen molar-refractivity contribution in [1.29, 1.82) is 0 Å². The van der Waals surface area contributed by atoms with E-state index in [9.17, 15) is 12.8 Å². The molecule has 2 aromatic rings. The first-order chi connectivity index (χ1) is 11.6. The molecule has 5 heteroatoms. The number of fused-ring (bicyclic) bond motifs is 1. The Hall–Kier alpha value is -2.16. The minimum Gasteiger partial charge on any atom is -0.207 e. The van der Waals surface area contributed by atoms with E-state index in [0.29, 0.717) is 0 Å². The number of aryl methyl sites for hydroxylation is 2. The van der Waals surface area contributed by atoms with E-state index in [1.165, 1.54) is 11.6 Å². The van der Waals surface area contributed by atoms with E-state index in [1.807, 2.05) is 6.07 Å². The summed E-state index contributed by atoms with van der Waals surface area (Å²) in [5.41, 5.74) is 2.60. The van der Waals surface area contributed by atoms with Crippen LogP contribution in [0.5, 0.6) is 0 Å². The summed E-state index contributed by atoms with van der Waals surface area (Å²) in [4.78, 5) is 0.260. The molecule has 0 saturated heterocycles. The molecule has 0 aliphatic heterocycles. The number of rotatable bonds is 3. The summed E-state index contributed by atoms with van der Waals surface area (Å²) in [5, 5.41) is 0. The maximum absolute atomic E-state index is 13.4. The van der Waals surface area contributed by atoms with E-state index in [-0.39, 0.29) is 17.0 Å². The van der Waals surface area contributed by atoms with Gasteiger partial charge in [-0.15, -0.1) is 0 Å². The molecule has 0 saturated carbocycles. The SMILES string of the molecule is O=S(=O)(NCC#Cc1ccccc1F)c1ccc2c(c1)CCCC2. The molecular weight excluding hydrogens is 325 g/mol. The Kier molecular flexibility index (Phi) is 4.98. The molecule has 24 heavy (non-hydrogen) atoms. The van der Waals surface area contributed by atoms with Crippen molar-refractivity contribution in [2.24, 2.45) is 0 Å². The van der Waals surface area contributed by atoms with Crippen LogP contribution >= 0.6 is 0 Å². The molecule has 1 aliphatic rings. The zero-order valence-electron chi connectivity index (χ0n) is 13.2. The highest BCUT2D eigenvalue weighted by atomic mass is 32.2. The van der Waals surface area contributed by atoms with Gasteiger partial charge in [-0.3, -0.25) is 0 Å². The summed E-state index contributed by atoms with van der Waals surface area (Å²) in [6, 6.07) is 11.4. The van der Waals surface area contributed by atoms with Crippen LogP contribution in [-0.4, -0.2) is 15.0 Å². The molecule has 0 atom stereocenters. The van der Waals surface area contributed by atoms with Crippen LogP contribution in [0.3, 0.4) is 0 Å². The smallest absolute Gasteiger partial charge is 0.207 e. The zero-order valence-corrected chi connectivity index (χ0v) is 14.0. The highest BCUT2D eigenvalue weighted by molar-refractivity contribution is 7.89. The van der Waals surface area contributed by atoms with Crippen LogP contribution < -0.4 is 4.72 Å². The maximum Gasteiger partial charge on any atom is 0.241 e. The first-order valence-corrected chi connectivity index (χ1v) is 9.39. The number of sulfonamides is 1.